The molecule has 4 nitrogen and oxygen atoms in total. The average molecular weight is 238 g/mol. The Morgan fingerprint density at radius 3 is 2.35 bits per heavy atom. The number of carbonyl (C=O) groups excluding carboxylic acids is 1. The monoisotopic (exact) mass is 238 g/mol. The number of methoxy groups -OCH3 is 2. The van der Waals surface area contributed by atoms with E-state index >= 15 is 0 Å². The summed E-state index contributed by atoms with van der Waals surface area (Å²) in [6.07, 6.45) is 2.19. The van der Waals surface area contributed by atoms with Crippen molar-refractivity contribution in [3.05, 3.63) is 17.7 Å². The first-order chi connectivity index (χ1) is 8.13. The molecule has 0 fully saturated rings. The highest BCUT2D eigenvalue weighted by Crippen LogP contribution is 2.34. The molecule has 4 heteroatoms. The number of aromatic hydroxyl groups is 1. The fourth-order valence-electron chi connectivity index (χ4n) is 1.56. The van der Waals surface area contributed by atoms with Crippen molar-refractivity contribution in [2.45, 2.75) is 26.2 Å². The summed E-state index contributed by atoms with van der Waals surface area (Å²) in [5.41, 5.74) is 0.288. The zero-order chi connectivity index (χ0) is 12.8. The molecule has 0 heterocycles. The SMILES string of the molecule is CCCCC(=O)c1cc(OC)c(OC)cc1O. The molecule has 0 radical (unpaired) electrons. The maximum absolute atomic E-state index is 11.8. The number of phenolic OH excluding ortho intramolecular Hbond substituents is 1. The first kappa shape index (κ1) is 13.4. The summed E-state index contributed by atoms with van der Waals surface area (Å²) in [7, 11) is 2.98. The Morgan fingerprint density at radius 1 is 1.24 bits per heavy atom. The third-order valence-corrected chi connectivity index (χ3v) is 2.56. The number of unbranched alkanes of at least 4 members (excludes halogenated alkanes) is 1. The molecule has 1 rings (SSSR count). The minimum atomic E-state index is -0.0784. The van der Waals surface area contributed by atoms with E-state index < -0.39 is 0 Å². The average Bonchev–Trinajstić information content (AvgIpc) is 2.35. The van der Waals surface area contributed by atoms with Gasteiger partial charge in [0.25, 0.3) is 0 Å². The van der Waals surface area contributed by atoms with Crippen LogP contribution >= 0.6 is 0 Å². The van der Waals surface area contributed by atoms with Crippen LogP contribution in [0.3, 0.4) is 0 Å². The van der Waals surface area contributed by atoms with Gasteiger partial charge in [0.15, 0.2) is 17.3 Å². The van der Waals surface area contributed by atoms with Crippen LogP contribution in [0.4, 0.5) is 0 Å². The van der Waals surface area contributed by atoms with Gasteiger partial charge in [-0.25, -0.2) is 0 Å². The molecule has 0 saturated heterocycles. The smallest absolute Gasteiger partial charge is 0.166 e. The second-order valence-corrected chi connectivity index (χ2v) is 3.75. The van der Waals surface area contributed by atoms with Crippen molar-refractivity contribution in [2.24, 2.45) is 0 Å². The minimum Gasteiger partial charge on any atom is -0.507 e. The van der Waals surface area contributed by atoms with Crippen molar-refractivity contribution in [1.82, 2.24) is 0 Å². The second-order valence-electron chi connectivity index (χ2n) is 3.75. The highest BCUT2D eigenvalue weighted by Gasteiger charge is 2.15. The topological polar surface area (TPSA) is 55.8 Å². The maximum atomic E-state index is 11.8. The number of carbonyl (C=O) groups is 1. The van der Waals surface area contributed by atoms with Crippen molar-refractivity contribution in [3.63, 3.8) is 0 Å². The largest absolute Gasteiger partial charge is 0.507 e. The van der Waals surface area contributed by atoms with E-state index in [1.165, 1.54) is 26.4 Å². The Labute approximate surface area is 101 Å². The van der Waals surface area contributed by atoms with Crippen LogP contribution in [0.15, 0.2) is 12.1 Å². The van der Waals surface area contributed by atoms with Gasteiger partial charge in [-0.3, -0.25) is 4.79 Å². The molecular weight excluding hydrogens is 220 g/mol. The Kier molecular flexibility index (Phi) is 4.82. The molecule has 1 aromatic rings. The molecule has 0 saturated carbocycles. The van der Waals surface area contributed by atoms with E-state index in [0.29, 0.717) is 17.9 Å². The van der Waals surface area contributed by atoms with Gasteiger partial charge < -0.3 is 14.6 Å². The molecule has 1 aromatic carbocycles. The third-order valence-electron chi connectivity index (χ3n) is 2.56. The van der Waals surface area contributed by atoms with Gasteiger partial charge in [0.1, 0.15) is 5.75 Å². The molecular formula is C13H18O4. The molecule has 17 heavy (non-hydrogen) atoms. The van der Waals surface area contributed by atoms with Crippen molar-refractivity contribution in [1.29, 1.82) is 0 Å². The standard InChI is InChI=1S/C13H18O4/c1-4-5-6-10(14)9-7-12(16-2)13(17-3)8-11(9)15/h7-8,15H,4-6H2,1-3H3. The van der Waals surface area contributed by atoms with E-state index in [9.17, 15) is 9.90 Å². The lowest BCUT2D eigenvalue weighted by atomic mass is 10.0. The van der Waals surface area contributed by atoms with Crippen LogP contribution < -0.4 is 9.47 Å². The summed E-state index contributed by atoms with van der Waals surface area (Å²) in [6.45, 7) is 2.02. The molecule has 0 aliphatic carbocycles. The second kappa shape index (κ2) is 6.13. The first-order valence-electron chi connectivity index (χ1n) is 5.62. The molecule has 0 bridgehead atoms. The van der Waals surface area contributed by atoms with Gasteiger partial charge >= 0.3 is 0 Å². The van der Waals surface area contributed by atoms with Gasteiger partial charge in [0.2, 0.25) is 0 Å². The van der Waals surface area contributed by atoms with E-state index in [1.54, 1.807) is 0 Å². The zero-order valence-electron chi connectivity index (χ0n) is 10.4. The number of Topliss-reactive ketones (excluding diaryl/α,β-unsaturated/α-hetero) is 1. The van der Waals surface area contributed by atoms with Crippen LogP contribution in [0, 0.1) is 0 Å². The third kappa shape index (κ3) is 3.12. The van der Waals surface area contributed by atoms with Crippen molar-refractivity contribution in [2.75, 3.05) is 14.2 Å². The number of rotatable bonds is 6. The van der Waals surface area contributed by atoms with Crippen LogP contribution in [0.1, 0.15) is 36.5 Å². The lowest BCUT2D eigenvalue weighted by molar-refractivity contribution is 0.0976. The van der Waals surface area contributed by atoms with Crippen molar-refractivity contribution < 1.29 is 19.4 Å². The molecule has 94 valence electrons. The van der Waals surface area contributed by atoms with Crippen molar-refractivity contribution >= 4 is 5.78 Å². The van der Waals surface area contributed by atoms with Gasteiger partial charge in [-0.1, -0.05) is 13.3 Å². The number of hydrogen-bond donors (Lipinski definition) is 1. The number of ketones is 1. The number of hydrogen-bond acceptors (Lipinski definition) is 4. The number of ether oxygens (including phenoxy) is 2. The highest BCUT2D eigenvalue weighted by molar-refractivity contribution is 5.99. The zero-order valence-corrected chi connectivity index (χ0v) is 10.4. The first-order valence-corrected chi connectivity index (χ1v) is 5.62. The van der Waals surface area contributed by atoms with Crippen molar-refractivity contribution in [3.8, 4) is 17.2 Å². The Bertz CT molecular complexity index is 399. The summed E-state index contributed by atoms with van der Waals surface area (Å²) < 4.78 is 10.1. The summed E-state index contributed by atoms with van der Waals surface area (Å²) in [5, 5.41) is 9.76. The highest BCUT2D eigenvalue weighted by atomic mass is 16.5. The van der Waals surface area contributed by atoms with Crippen LogP contribution in [0.5, 0.6) is 17.2 Å². The van der Waals surface area contributed by atoms with Gasteiger partial charge in [0.05, 0.1) is 19.8 Å². The fraction of sp³-hybridized carbons (Fsp3) is 0.462. The number of phenols is 1. The van der Waals surface area contributed by atoms with Gasteiger partial charge in [0, 0.05) is 12.5 Å². The van der Waals surface area contributed by atoms with Gasteiger partial charge in [-0.15, -0.1) is 0 Å². The molecule has 0 amide bonds. The van der Waals surface area contributed by atoms with Gasteiger partial charge in [-0.2, -0.15) is 0 Å². The molecule has 0 spiro atoms. The van der Waals surface area contributed by atoms with Gasteiger partial charge in [-0.05, 0) is 12.5 Å². The van der Waals surface area contributed by atoms with Crippen LogP contribution in [0.25, 0.3) is 0 Å². The normalized spacial score (nSPS) is 10.1. The molecule has 0 atom stereocenters. The Hall–Kier alpha value is -1.71. The molecule has 0 aliphatic rings. The van der Waals surface area contributed by atoms with E-state index in [4.69, 9.17) is 9.47 Å². The predicted molar refractivity (Wildman–Crippen MR) is 65.1 cm³/mol. The van der Waals surface area contributed by atoms with Crippen LogP contribution in [-0.4, -0.2) is 25.1 Å². The lowest BCUT2D eigenvalue weighted by Gasteiger charge is -2.10. The van der Waals surface area contributed by atoms with E-state index in [0.717, 1.165) is 12.8 Å². The predicted octanol–water partition coefficient (Wildman–Crippen LogP) is 2.78. The molecule has 0 aliphatic heterocycles. The van der Waals surface area contributed by atoms with E-state index in [1.807, 2.05) is 6.92 Å². The maximum Gasteiger partial charge on any atom is 0.166 e. The molecule has 0 unspecified atom stereocenters. The van der Waals surface area contributed by atoms with Crippen LogP contribution in [0.2, 0.25) is 0 Å². The van der Waals surface area contributed by atoms with E-state index in [2.05, 4.69) is 0 Å². The molecule has 1 N–H and O–H groups in total. The van der Waals surface area contributed by atoms with Crippen LogP contribution in [-0.2, 0) is 0 Å². The minimum absolute atomic E-state index is 0.0660. The fourth-order valence-corrected chi connectivity index (χ4v) is 1.56. The summed E-state index contributed by atoms with van der Waals surface area (Å²) in [4.78, 5) is 11.8. The summed E-state index contributed by atoms with van der Waals surface area (Å²) in [5.74, 6) is 0.719. The quantitative estimate of drug-likeness (QED) is 0.774. The summed E-state index contributed by atoms with van der Waals surface area (Å²) >= 11 is 0. The Balaban J connectivity index is 3.03. The summed E-state index contributed by atoms with van der Waals surface area (Å²) in [6, 6.07) is 2.92. The number of benzene rings is 1. The Morgan fingerprint density at radius 2 is 1.82 bits per heavy atom. The van der Waals surface area contributed by atoms with E-state index in [-0.39, 0.29) is 17.1 Å². The lowest BCUT2D eigenvalue weighted by Crippen LogP contribution is -2.01. The molecule has 0 aromatic heterocycles.